The molecule has 2 aliphatic heterocycles. The number of piperidine rings is 1. The normalized spacial score (nSPS) is 23.9. The maximum atomic E-state index is 12.9. The molecule has 12 heteroatoms. The van der Waals surface area contributed by atoms with Crippen LogP contribution in [0.1, 0.15) is 26.2 Å². The Balaban J connectivity index is 1.77. The Morgan fingerprint density at radius 3 is 1.69 bits per heavy atom. The van der Waals surface area contributed by atoms with Crippen molar-refractivity contribution in [1.82, 2.24) is 12.9 Å². The Morgan fingerprint density at radius 1 is 0.724 bits per heavy atom. The first-order valence-electron chi connectivity index (χ1n) is 9.51. The second-order valence-corrected chi connectivity index (χ2v) is 13.3. The highest BCUT2D eigenvalue weighted by Crippen LogP contribution is 2.26. The van der Waals surface area contributed by atoms with Crippen LogP contribution in [-0.2, 0) is 30.1 Å². The first-order chi connectivity index (χ1) is 13.4. The van der Waals surface area contributed by atoms with E-state index in [0.29, 0.717) is 6.54 Å². The van der Waals surface area contributed by atoms with Gasteiger partial charge in [0.2, 0.25) is 30.1 Å². The predicted octanol–water partition coefficient (Wildman–Crippen LogP) is 0.516. The lowest BCUT2D eigenvalue weighted by Crippen LogP contribution is -2.50. The number of hydrogen-bond acceptors (Lipinski definition) is 6. The van der Waals surface area contributed by atoms with Crippen LogP contribution in [0.4, 0.5) is 0 Å². The highest BCUT2D eigenvalue weighted by Gasteiger charge is 2.33. The summed E-state index contributed by atoms with van der Waals surface area (Å²) in [7, 11) is -10.9. The van der Waals surface area contributed by atoms with Crippen LogP contribution >= 0.6 is 0 Å². The fourth-order valence-electron chi connectivity index (χ4n) is 3.74. The van der Waals surface area contributed by atoms with E-state index in [4.69, 9.17) is 0 Å². The minimum Gasteiger partial charge on any atom is -0.213 e. The van der Waals surface area contributed by atoms with Gasteiger partial charge >= 0.3 is 0 Å². The zero-order valence-electron chi connectivity index (χ0n) is 16.6. The molecule has 2 fully saturated rings. The average Bonchev–Trinajstić information content (AvgIpc) is 2.67. The summed E-state index contributed by atoms with van der Waals surface area (Å²) in [5, 5.41) is 0. The van der Waals surface area contributed by atoms with Crippen molar-refractivity contribution in [3.05, 3.63) is 24.3 Å². The molecular weight excluding hydrogens is 438 g/mol. The fraction of sp³-hybridized carbons (Fsp3) is 0.647. The summed E-state index contributed by atoms with van der Waals surface area (Å²) in [6.45, 7) is 2.65. The van der Waals surface area contributed by atoms with Gasteiger partial charge in [-0.25, -0.2) is 25.3 Å². The van der Waals surface area contributed by atoms with Crippen LogP contribution in [0.3, 0.4) is 0 Å². The second-order valence-electron chi connectivity index (χ2n) is 7.50. The van der Waals surface area contributed by atoms with Crippen LogP contribution in [0, 0.1) is 0 Å². The van der Waals surface area contributed by atoms with E-state index in [0.717, 1.165) is 25.5 Å². The highest BCUT2D eigenvalue weighted by atomic mass is 32.2. The van der Waals surface area contributed by atoms with Crippen LogP contribution in [0.2, 0.25) is 0 Å². The molecule has 29 heavy (non-hydrogen) atoms. The number of nitrogens with zero attached hydrogens (tertiary/aromatic N) is 3. The summed E-state index contributed by atoms with van der Waals surface area (Å²) < 4.78 is 78.6. The third kappa shape index (κ3) is 4.67. The third-order valence-corrected chi connectivity index (χ3v) is 10.7. The van der Waals surface area contributed by atoms with E-state index in [-0.39, 0.29) is 42.0 Å². The summed E-state index contributed by atoms with van der Waals surface area (Å²) >= 11 is 0. The summed E-state index contributed by atoms with van der Waals surface area (Å²) in [6, 6.07) is 5.19. The van der Waals surface area contributed by atoms with Crippen LogP contribution in [0.25, 0.3) is 0 Å². The molecule has 3 rings (SSSR count). The maximum absolute atomic E-state index is 12.9. The van der Waals surface area contributed by atoms with Crippen molar-refractivity contribution in [3.8, 4) is 0 Å². The SMILES string of the molecule is CC1CCCCN1S(=O)(=O)c1ccc(S(=O)(=O)N2CCN(S(C)(=O)=O)CC2)cc1. The number of rotatable bonds is 5. The van der Waals surface area contributed by atoms with Crippen molar-refractivity contribution >= 4 is 30.1 Å². The maximum Gasteiger partial charge on any atom is 0.243 e. The molecule has 164 valence electrons. The number of hydrogen-bond donors (Lipinski definition) is 0. The van der Waals surface area contributed by atoms with Gasteiger partial charge in [0.1, 0.15) is 0 Å². The Kier molecular flexibility index (Phi) is 6.42. The molecule has 1 unspecified atom stereocenters. The van der Waals surface area contributed by atoms with E-state index in [1.165, 1.54) is 37.2 Å². The quantitative estimate of drug-likeness (QED) is 0.627. The summed E-state index contributed by atoms with van der Waals surface area (Å²) in [5.41, 5.74) is 0. The monoisotopic (exact) mass is 465 g/mol. The van der Waals surface area contributed by atoms with Crippen molar-refractivity contribution in [3.63, 3.8) is 0 Å². The second kappa shape index (κ2) is 8.23. The van der Waals surface area contributed by atoms with Gasteiger partial charge in [0.15, 0.2) is 0 Å². The average molecular weight is 466 g/mol. The molecule has 2 heterocycles. The van der Waals surface area contributed by atoms with Crippen molar-refractivity contribution in [2.24, 2.45) is 0 Å². The Bertz CT molecular complexity index is 1040. The first-order valence-corrected chi connectivity index (χ1v) is 14.2. The Labute approximate surface area is 173 Å². The molecule has 0 bridgehead atoms. The van der Waals surface area contributed by atoms with Crippen LogP contribution in [0.5, 0.6) is 0 Å². The molecule has 1 atom stereocenters. The molecule has 9 nitrogen and oxygen atoms in total. The van der Waals surface area contributed by atoms with E-state index in [9.17, 15) is 25.3 Å². The molecule has 2 aliphatic rings. The Morgan fingerprint density at radius 2 is 1.21 bits per heavy atom. The lowest BCUT2D eigenvalue weighted by Gasteiger charge is -2.33. The first kappa shape index (κ1) is 22.6. The molecule has 0 N–H and O–H groups in total. The minimum absolute atomic E-state index is 0.00375. The summed E-state index contributed by atoms with van der Waals surface area (Å²) in [4.78, 5) is 0.0723. The van der Waals surface area contributed by atoms with Crippen molar-refractivity contribution in [1.29, 1.82) is 0 Å². The van der Waals surface area contributed by atoms with E-state index in [1.54, 1.807) is 0 Å². The highest BCUT2D eigenvalue weighted by molar-refractivity contribution is 7.89. The number of benzene rings is 1. The largest absolute Gasteiger partial charge is 0.243 e. The summed E-state index contributed by atoms with van der Waals surface area (Å²) in [6.07, 6.45) is 3.72. The van der Waals surface area contributed by atoms with Gasteiger partial charge in [-0.05, 0) is 44.0 Å². The molecule has 0 aliphatic carbocycles. The van der Waals surface area contributed by atoms with Crippen molar-refractivity contribution < 1.29 is 25.3 Å². The Hall–Kier alpha value is -1.05. The molecule has 1 aromatic rings. The zero-order chi connectivity index (χ0) is 21.4. The molecule has 0 saturated carbocycles. The predicted molar refractivity (Wildman–Crippen MR) is 109 cm³/mol. The van der Waals surface area contributed by atoms with Gasteiger partial charge < -0.3 is 0 Å². The van der Waals surface area contributed by atoms with Crippen LogP contribution in [-0.4, -0.2) is 83.2 Å². The van der Waals surface area contributed by atoms with Crippen molar-refractivity contribution in [2.75, 3.05) is 39.0 Å². The van der Waals surface area contributed by atoms with Crippen molar-refractivity contribution in [2.45, 2.75) is 42.0 Å². The standard InChI is InChI=1S/C17H27N3O6S3/c1-15-5-3-4-10-20(15)29(25,26)17-8-6-16(7-9-17)28(23,24)19-13-11-18(12-14-19)27(2,21)22/h6-9,15H,3-5,10-14H2,1-2H3. The molecule has 2 saturated heterocycles. The van der Waals surface area contributed by atoms with E-state index < -0.39 is 30.1 Å². The van der Waals surface area contributed by atoms with Gasteiger partial charge in [0.25, 0.3) is 0 Å². The molecule has 0 aromatic heterocycles. The van der Waals surface area contributed by atoms with Gasteiger partial charge in [-0.15, -0.1) is 0 Å². The summed E-state index contributed by atoms with van der Waals surface area (Å²) in [5.74, 6) is 0. The minimum atomic E-state index is -3.83. The van der Waals surface area contributed by atoms with Gasteiger partial charge in [-0.1, -0.05) is 6.42 Å². The number of sulfonamides is 3. The fourth-order valence-corrected chi connectivity index (χ4v) is 7.69. The van der Waals surface area contributed by atoms with E-state index >= 15 is 0 Å². The van der Waals surface area contributed by atoms with Gasteiger partial charge in [0, 0.05) is 38.8 Å². The zero-order valence-corrected chi connectivity index (χ0v) is 19.0. The molecular formula is C17H27N3O6S3. The third-order valence-electron chi connectivity index (χ3n) is 5.48. The van der Waals surface area contributed by atoms with Gasteiger partial charge in [-0.2, -0.15) is 12.9 Å². The molecule has 0 amide bonds. The van der Waals surface area contributed by atoms with Gasteiger partial charge in [0.05, 0.1) is 16.0 Å². The smallest absolute Gasteiger partial charge is 0.213 e. The lowest BCUT2D eigenvalue weighted by molar-refractivity contribution is 0.268. The van der Waals surface area contributed by atoms with E-state index in [2.05, 4.69) is 0 Å². The lowest BCUT2D eigenvalue weighted by atomic mass is 10.1. The number of piperazine rings is 1. The van der Waals surface area contributed by atoms with Gasteiger partial charge in [-0.3, -0.25) is 0 Å². The molecule has 1 aromatic carbocycles. The molecule has 0 spiro atoms. The topological polar surface area (TPSA) is 112 Å². The van der Waals surface area contributed by atoms with Crippen LogP contribution in [0.15, 0.2) is 34.1 Å². The van der Waals surface area contributed by atoms with E-state index in [1.807, 2.05) is 6.92 Å². The molecule has 0 radical (unpaired) electrons. The van der Waals surface area contributed by atoms with Crippen LogP contribution < -0.4 is 0 Å².